The van der Waals surface area contributed by atoms with E-state index in [0.717, 1.165) is 12.1 Å². The molecule has 3 N–H and O–H groups in total. The molecule has 1 amide bonds. The van der Waals surface area contributed by atoms with Crippen LogP contribution in [0.2, 0.25) is 0 Å². The Morgan fingerprint density at radius 3 is 2.48 bits per heavy atom. The molecule has 0 aliphatic carbocycles. The van der Waals surface area contributed by atoms with Gasteiger partial charge in [-0.15, -0.1) is 0 Å². The molecule has 4 nitrogen and oxygen atoms in total. The van der Waals surface area contributed by atoms with Crippen LogP contribution in [0.15, 0.2) is 42.5 Å². The van der Waals surface area contributed by atoms with Crippen molar-refractivity contribution in [1.82, 2.24) is 0 Å². The van der Waals surface area contributed by atoms with E-state index in [1.54, 1.807) is 24.3 Å². The fourth-order valence-electron chi connectivity index (χ4n) is 1.74. The number of carbonyl (C=O) groups excluding carboxylic acids is 1. The highest BCUT2D eigenvalue weighted by atomic mass is 19.1. The molecule has 0 aromatic heterocycles. The number of hydrogen-bond acceptors (Lipinski definition) is 3. The fourth-order valence-corrected chi connectivity index (χ4v) is 1.74. The summed E-state index contributed by atoms with van der Waals surface area (Å²) in [6.07, 6.45) is 0. The average Bonchev–Trinajstić information content (AvgIpc) is 2.45. The molecule has 0 saturated heterocycles. The Bertz CT molecular complexity index is 627. The van der Waals surface area contributed by atoms with Crippen molar-refractivity contribution in [2.75, 3.05) is 18.5 Å². The van der Waals surface area contributed by atoms with Gasteiger partial charge in [-0.25, -0.2) is 8.78 Å². The molecule has 2 aromatic carbocycles. The molecule has 6 heteroatoms. The van der Waals surface area contributed by atoms with Crippen molar-refractivity contribution in [3.05, 3.63) is 59.7 Å². The van der Waals surface area contributed by atoms with E-state index in [9.17, 15) is 13.6 Å². The Morgan fingerprint density at radius 2 is 1.81 bits per heavy atom. The van der Waals surface area contributed by atoms with Crippen molar-refractivity contribution >= 4 is 11.6 Å². The van der Waals surface area contributed by atoms with Gasteiger partial charge in [-0.2, -0.15) is 0 Å². The number of ether oxygens (including phenoxy) is 1. The van der Waals surface area contributed by atoms with Gasteiger partial charge in [0.2, 0.25) is 0 Å². The maximum atomic E-state index is 13.1. The van der Waals surface area contributed by atoms with Crippen LogP contribution in [0.4, 0.5) is 14.5 Å². The fraction of sp³-hybridized carbons (Fsp3) is 0.133. The lowest BCUT2D eigenvalue weighted by Gasteiger charge is -2.12. The summed E-state index contributed by atoms with van der Waals surface area (Å²) in [5.41, 5.74) is 5.65. The number of benzene rings is 2. The van der Waals surface area contributed by atoms with Crippen LogP contribution in [0, 0.1) is 11.6 Å². The van der Waals surface area contributed by atoms with Crippen LogP contribution in [0.25, 0.3) is 0 Å². The molecule has 0 fully saturated rings. The van der Waals surface area contributed by atoms with Crippen molar-refractivity contribution < 1.29 is 18.3 Å². The van der Waals surface area contributed by atoms with Gasteiger partial charge in [-0.3, -0.25) is 4.79 Å². The molecule has 0 bridgehead atoms. The number of rotatable bonds is 5. The van der Waals surface area contributed by atoms with Crippen LogP contribution in [0.3, 0.4) is 0 Å². The van der Waals surface area contributed by atoms with Crippen molar-refractivity contribution in [3.63, 3.8) is 0 Å². The van der Waals surface area contributed by atoms with Gasteiger partial charge in [0.15, 0.2) is 0 Å². The van der Waals surface area contributed by atoms with Crippen LogP contribution in [0.5, 0.6) is 5.75 Å². The number of nitrogens with two attached hydrogens (primary N) is 1. The Hall–Kier alpha value is -2.47. The topological polar surface area (TPSA) is 64.3 Å². The lowest BCUT2D eigenvalue weighted by atomic mass is 10.2. The second-order valence-electron chi connectivity index (χ2n) is 4.25. The lowest BCUT2D eigenvalue weighted by Crippen LogP contribution is -2.15. The number of hydrogen-bond donors (Lipinski definition) is 2. The van der Waals surface area contributed by atoms with Crippen LogP contribution in [-0.4, -0.2) is 19.1 Å². The van der Waals surface area contributed by atoms with Crippen molar-refractivity contribution in [2.45, 2.75) is 0 Å². The zero-order valence-corrected chi connectivity index (χ0v) is 11.1. The third-order valence-electron chi connectivity index (χ3n) is 2.64. The van der Waals surface area contributed by atoms with Crippen molar-refractivity contribution in [1.29, 1.82) is 0 Å². The molecular formula is C15H14F2N2O2. The second-order valence-corrected chi connectivity index (χ2v) is 4.25. The summed E-state index contributed by atoms with van der Waals surface area (Å²) in [5.74, 6) is -1.81. The monoisotopic (exact) mass is 292 g/mol. The SMILES string of the molecule is NCCOc1ccccc1NC(=O)c1cc(F)cc(F)c1. The minimum absolute atomic E-state index is 0.110. The van der Waals surface area contributed by atoms with Gasteiger partial charge in [0.25, 0.3) is 5.91 Å². The van der Waals surface area contributed by atoms with Crippen LogP contribution >= 0.6 is 0 Å². The molecule has 2 rings (SSSR count). The van der Waals surface area contributed by atoms with Crippen molar-refractivity contribution in [2.24, 2.45) is 5.73 Å². The quantitative estimate of drug-likeness (QED) is 0.890. The summed E-state index contributed by atoms with van der Waals surface area (Å²) in [6, 6.07) is 9.36. The summed E-state index contributed by atoms with van der Waals surface area (Å²) in [7, 11) is 0. The average molecular weight is 292 g/mol. The van der Waals surface area contributed by atoms with Crippen LogP contribution in [0.1, 0.15) is 10.4 Å². The molecule has 0 aliphatic rings. The van der Waals surface area contributed by atoms with E-state index in [4.69, 9.17) is 10.5 Å². The molecular weight excluding hydrogens is 278 g/mol. The number of anilines is 1. The van der Waals surface area contributed by atoms with E-state index in [2.05, 4.69) is 5.32 Å². The van der Waals surface area contributed by atoms with E-state index in [1.807, 2.05) is 0 Å². The predicted molar refractivity (Wildman–Crippen MR) is 75.3 cm³/mol. The van der Waals surface area contributed by atoms with Crippen LogP contribution < -0.4 is 15.8 Å². The van der Waals surface area contributed by atoms with Gasteiger partial charge in [-0.05, 0) is 24.3 Å². The Morgan fingerprint density at radius 1 is 1.14 bits per heavy atom. The summed E-state index contributed by atoms with van der Waals surface area (Å²) >= 11 is 0. The minimum Gasteiger partial charge on any atom is -0.490 e. The molecule has 0 heterocycles. The first-order chi connectivity index (χ1) is 10.1. The van der Waals surface area contributed by atoms with E-state index in [1.165, 1.54) is 0 Å². The first kappa shape index (κ1) is 14.9. The Labute approximate surface area is 120 Å². The van der Waals surface area contributed by atoms with Gasteiger partial charge in [0.1, 0.15) is 24.0 Å². The Balaban J connectivity index is 2.19. The number of amides is 1. The summed E-state index contributed by atoms with van der Waals surface area (Å²) < 4.78 is 31.6. The van der Waals surface area contributed by atoms with Crippen molar-refractivity contribution in [3.8, 4) is 5.75 Å². The largest absolute Gasteiger partial charge is 0.490 e. The van der Waals surface area contributed by atoms with Gasteiger partial charge in [0.05, 0.1) is 5.69 Å². The number of para-hydroxylation sites is 2. The van der Waals surface area contributed by atoms with Gasteiger partial charge < -0.3 is 15.8 Å². The van der Waals surface area contributed by atoms with Gasteiger partial charge in [0, 0.05) is 18.2 Å². The standard InChI is InChI=1S/C15H14F2N2O2/c16-11-7-10(8-12(17)9-11)15(20)19-13-3-1-2-4-14(13)21-6-5-18/h1-4,7-9H,5-6,18H2,(H,19,20). The third-order valence-corrected chi connectivity index (χ3v) is 2.64. The summed E-state index contributed by atoms with van der Waals surface area (Å²) in [5, 5.41) is 2.55. The molecule has 2 aromatic rings. The summed E-state index contributed by atoms with van der Waals surface area (Å²) in [6.45, 7) is 0.624. The molecule has 110 valence electrons. The molecule has 21 heavy (non-hydrogen) atoms. The van der Waals surface area contributed by atoms with E-state index >= 15 is 0 Å². The molecule has 0 saturated carbocycles. The summed E-state index contributed by atoms with van der Waals surface area (Å²) in [4.78, 5) is 12.0. The highest BCUT2D eigenvalue weighted by molar-refractivity contribution is 6.05. The van der Waals surface area contributed by atoms with Crippen LogP contribution in [-0.2, 0) is 0 Å². The van der Waals surface area contributed by atoms with Gasteiger partial charge in [-0.1, -0.05) is 12.1 Å². The molecule has 0 aliphatic heterocycles. The maximum Gasteiger partial charge on any atom is 0.255 e. The number of carbonyl (C=O) groups is 1. The van der Waals surface area contributed by atoms with E-state index in [-0.39, 0.29) is 5.56 Å². The zero-order chi connectivity index (χ0) is 15.2. The lowest BCUT2D eigenvalue weighted by molar-refractivity contribution is 0.102. The van der Waals surface area contributed by atoms with Gasteiger partial charge >= 0.3 is 0 Å². The molecule has 0 radical (unpaired) electrons. The second kappa shape index (κ2) is 6.81. The molecule has 0 atom stereocenters. The van der Waals surface area contributed by atoms with E-state index in [0.29, 0.717) is 30.7 Å². The predicted octanol–water partition coefficient (Wildman–Crippen LogP) is 2.55. The third kappa shape index (κ3) is 4.00. The highest BCUT2D eigenvalue weighted by Crippen LogP contribution is 2.24. The molecule has 0 spiro atoms. The first-order valence-electron chi connectivity index (χ1n) is 6.29. The molecule has 0 unspecified atom stereocenters. The smallest absolute Gasteiger partial charge is 0.255 e. The minimum atomic E-state index is -0.812. The highest BCUT2D eigenvalue weighted by Gasteiger charge is 2.12. The first-order valence-corrected chi connectivity index (χ1v) is 6.29. The van der Waals surface area contributed by atoms with E-state index < -0.39 is 17.5 Å². The normalized spacial score (nSPS) is 10.2. The Kier molecular flexibility index (Phi) is 4.84. The number of halogens is 2. The zero-order valence-electron chi connectivity index (χ0n) is 11.1. The maximum absolute atomic E-state index is 13.1. The number of nitrogens with one attached hydrogen (secondary N) is 1.